The van der Waals surface area contributed by atoms with Crippen molar-refractivity contribution in [2.75, 3.05) is 0 Å². The van der Waals surface area contributed by atoms with Crippen molar-refractivity contribution in [3.05, 3.63) is 146 Å². The molecule has 0 saturated heterocycles. The summed E-state index contributed by atoms with van der Waals surface area (Å²) in [6.45, 7) is 0. The van der Waals surface area contributed by atoms with E-state index in [1.165, 1.54) is 0 Å². The van der Waals surface area contributed by atoms with E-state index in [0.717, 1.165) is 83.1 Å². The Morgan fingerprint density at radius 3 is 1.43 bits per heavy atom. The second kappa shape index (κ2) is 9.79. The highest BCUT2D eigenvalue weighted by molar-refractivity contribution is 6.16. The molecular weight excluding hydrogens is 540 g/mol. The third kappa shape index (κ3) is 3.85. The number of nitrogens with zero attached hydrogens (tertiary/aromatic N) is 2. The zero-order valence-corrected chi connectivity index (χ0v) is 23.6. The summed E-state index contributed by atoms with van der Waals surface area (Å²) in [5, 5.41) is 4.25. The third-order valence-electron chi connectivity index (χ3n) is 8.32. The molecule has 0 aliphatic heterocycles. The fourth-order valence-corrected chi connectivity index (χ4v) is 6.25. The molecule has 0 fully saturated rings. The Labute approximate surface area is 252 Å². The summed E-state index contributed by atoms with van der Waals surface area (Å²) in [7, 11) is 0. The molecule has 6 aromatic carbocycles. The van der Waals surface area contributed by atoms with Crippen molar-refractivity contribution in [1.82, 2.24) is 9.97 Å². The Morgan fingerprint density at radius 1 is 0.364 bits per heavy atom. The van der Waals surface area contributed by atoms with Crippen LogP contribution in [-0.4, -0.2) is 9.97 Å². The Hall–Kier alpha value is -6.00. The molecule has 3 heterocycles. The van der Waals surface area contributed by atoms with Crippen molar-refractivity contribution in [3.63, 3.8) is 0 Å². The van der Waals surface area contributed by atoms with Crippen LogP contribution in [0.3, 0.4) is 0 Å². The van der Waals surface area contributed by atoms with Gasteiger partial charge in [-0.3, -0.25) is 0 Å². The first kappa shape index (κ1) is 24.6. The van der Waals surface area contributed by atoms with Crippen LogP contribution in [0.5, 0.6) is 0 Å². The molecule has 9 aromatic rings. The quantitative estimate of drug-likeness (QED) is 0.213. The largest absolute Gasteiger partial charge is 0.455 e. The summed E-state index contributed by atoms with van der Waals surface area (Å²) in [6.07, 6.45) is 0. The van der Waals surface area contributed by atoms with Crippen LogP contribution in [0.2, 0.25) is 0 Å². The molecule has 9 rings (SSSR count). The minimum atomic E-state index is 0.621. The molecule has 0 unspecified atom stereocenters. The van der Waals surface area contributed by atoms with Gasteiger partial charge >= 0.3 is 0 Å². The molecule has 44 heavy (non-hydrogen) atoms. The Kier molecular flexibility index (Phi) is 5.47. The first-order valence-electron chi connectivity index (χ1n) is 14.7. The maximum absolute atomic E-state index is 6.82. The number of fused-ring (bicyclic) bond motifs is 6. The van der Waals surface area contributed by atoms with Gasteiger partial charge in [0.15, 0.2) is 5.82 Å². The average molecular weight is 565 g/mol. The molecule has 0 amide bonds. The molecule has 0 aliphatic carbocycles. The minimum Gasteiger partial charge on any atom is -0.455 e. The predicted molar refractivity (Wildman–Crippen MR) is 178 cm³/mol. The average Bonchev–Trinajstić information content (AvgIpc) is 3.68. The van der Waals surface area contributed by atoms with Crippen LogP contribution >= 0.6 is 0 Å². The van der Waals surface area contributed by atoms with Gasteiger partial charge in [0, 0.05) is 43.8 Å². The highest BCUT2D eigenvalue weighted by Crippen LogP contribution is 2.43. The molecule has 0 atom stereocenters. The summed E-state index contributed by atoms with van der Waals surface area (Å²) in [5.74, 6) is 0.621. The molecule has 0 radical (unpaired) electrons. The number of furan rings is 2. The van der Waals surface area contributed by atoms with Crippen molar-refractivity contribution in [3.8, 4) is 45.0 Å². The number of hydrogen-bond donors (Lipinski definition) is 0. The number of aromatic nitrogens is 2. The first-order chi connectivity index (χ1) is 21.8. The molecule has 4 nitrogen and oxygen atoms in total. The predicted octanol–water partition coefficient (Wildman–Crippen LogP) is 10.9. The lowest BCUT2D eigenvalue weighted by Gasteiger charge is -2.09. The van der Waals surface area contributed by atoms with E-state index in [1.54, 1.807) is 0 Å². The van der Waals surface area contributed by atoms with Gasteiger partial charge in [-0.1, -0.05) is 127 Å². The number of hydrogen-bond acceptors (Lipinski definition) is 4. The first-order valence-corrected chi connectivity index (χ1v) is 14.7. The van der Waals surface area contributed by atoms with Crippen LogP contribution in [0.15, 0.2) is 154 Å². The molecule has 0 spiro atoms. The van der Waals surface area contributed by atoms with E-state index in [9.17, 15) is 0 Å². The topological polar surface area (TPSA) is 52.1 Å². The highest BCUT2D eigenvalue weighted by atomic mass is 16.3. The van der Waals surface area contributed by atoms with Crippen molar-refractivity contribution in [2.24, 2.45) is 0 Å². The van der Waals surface area contributed by atoms with E-state index >= 15 is 0 Å². The van der Waals surface area contributed by atoms with E-state index in [-0.39, 0.29) is 0 Å². The molecule has 3 aromatic heterocycles. The summed E-state index contributed by atoms with van der Waals surface area (Å²) in [6, 6.07) is 49.5. The minimum absolute atomic E-state index is 0.621. The zero-order chi connectivity index (χ0) is 29.0. The Balaban J connectivity index is 1.29. The smallest absolute Gasteiger partial charge is 0.164 e. The van der Waals surface area contributed by atoms with Gasteiger partial charge in [-0.2, -0.15) is 0 Å². The summed E-state index contributed by atoms with van der Waals surface area (Å²) in [5.41, 5.74) is 9.92. The maximum Gasteiger partial charge on any atom is 0.164 e. The van der Waals surface area contributed by atoms with Gasteiger partial charge in [0.25, 0.3) is 0 Å². The summed E-state index contributed by atoms with van der Waals surface area (Å²) in [4.78, 5) is 10.2. The lowest BCUT2D eigenvalue weighted by molar-refractivity contribution is 0.665. The molecule has 206 valence electrons. The van der Waals surface area contributed by atoms with Crippen molar-refractivity contribution < 1.29 is 8.83 Å². The van der Waals surface area contributed by atoms with Gasteiger partial charge in [0.1, 0.15) is 22.3 Å². The van der Waals surface area contributed by atoms with Crippen molar-refractivity contribution >= 4 is 43.9 Å². The van der Waals surface area contributed by atoms with Crippen LogP contribution in [-0.2, 0) is 0 Å². The van der Waals surface area contributed by atoms with Crippen LogP contribution < -0.4 is 0 Å². The van der Waals surface area contributed by atoms with Crippen molar-refractivity contribution in [1.29, 1.82) is 0 Å². The van der Waals surface area contributed by atoms with Gasteiger partial charge in [-0.05, 0) is 18.2 Å². The number of benzene rings is 6. The standard InChI is InChI=1S/C40H24N2O2/c1-3-12-25(13-4-1)34-24-35(26-14-5-2-6-15-26)42-40(41-34)33-22-11-21-32-31-20-10-19-30(38(31)44-39(32)33)29-18-9-17-28-27-16-7-8-23-36(27)43-37(28)29/h1-24H. The van der Waals surface area contributed by atoms with Gasteiger partial charge in [-0.25, -0.2) is 9.97 Å². The molecule has 0 aliphatic rings. The van der Waals surface area contributed by atoms with Gasteiger partial charge in [-0.15, -0.1) is 0 Å². The van der Waals surface area contributed by atoms with E-state index in [1.807, 2.05) is 60.7 Å². The second-order valence-corrected chi connectivity index (χ2v) is 10.9. The second-order valence-electron chi connectivity index (χ2n) is 10.9. The fraction of sp³-hybridized carbons (Fsp3) is 0. The summed E-state index contributed by atoms with van der Waals surface area (Å²) >= 11 is 0. The van der Waals surface area contributed by atoms with E-state index in [2.05, 4.69) is 84.9 Å². The van der Waals surface area contributed by atoms with Crippen LogP contribution in [0, 0.1) is 0 Å². The maximum atomic E-state index is 6.82. The normalized spacial score (nSPS) is 11.6. The number of rotatable bonds is 4. The molecular formula is C40H24N2O2. The Bertz CT molecular complexity index is 2430. The molecule has 4 heteroatoms. The number of para-hydroxylation sites is 4. The highest BCUT2D eigenvalue weighted by Gasteiger charge is 2.20. The Morgan fingerprint density at radius 2 is 0.818 bits per heavy atom. The van der Waals surface area contributed by atoms with E-state index in [0.29, 0.717) is 5.82 Å². The molecule has 0 N–H and O–H groups in total. The van der Waals surface area contributed by atoms with Gasteiger partial charge in [0.2, 0.25) is 0 Å². The van der Waals surface area contributed by atoms with Crippen LogP contribution in [0.25, 0.3) is 88.9 Å². The fourth-order valence-electron chi connectivity index (χ4n) is 6.25. The summed E-state index contributed by atoms with van der Waals surface area (Å²) < 4.78 is 13.2. The van der Waals surface area contributed by atoms with Crippen LogP contribution in [0.4, 0.5) is 0 Å². The van der Waals surface area contributed by atoms with E-state index in [4.69, 9.17) is 18.8 Å². The zero-order valence-electron chi connectivity index (χ0n) is 23.6. The SMILES string of the molecule is c1ccc(-c2cc(-c3ccccc3)nc(-c3cccc4c3oc3c(-c5cccc6c5oc5ccccc56)cccc34)n2)cc1. The lowest BCUT2D eigenvalue weighted by atomic mass is 9.99. The molecule has 0 bridgehead atoms. The lowest BCUT2D eigenvalue weighted by Crippen LogP contribution is -1.96. The van der Waals surface area contributed by atoms with Crippen molar-refractivity contribution in [2.45, 2.75) is 0 Å². The monoisotopic (exact) mass is 564 g/mol. The van der Waals surface area contributed by atoms with E-state index < -0.39 is 0 Å². The molecule has 0 saturated carbocycles. The van der Waals surface area contributed by atoms with Crippen LogP contribution in [0.1, 0.15) is 0 Å². The third-order valence-corrected chi connectivity index (χ3v) is 8.32. The van der Waals surface area contributed by atoms with Gasteiger partial charge < -0.3 is 8.83 Å². The van der Waals surface area contributed by atoms with Gasteiger partial charge in [0.05, 0.1) is 17.0 Å².